The first-order chi connectivity index (χ1) is 6.15. The summed E-state index contributed by atoms with van der Waals surface area (Å²) in [6.07, 6.45) is 6.31. The van der Waals surface area contributed by atoms with Crippen molar-refractivity contribution in [3.63, 3.8) is 0 Å². The summed E-state index contributed by atoms with van der Waals surface area (Å²) >= 11 is 1.01. The number of rotatable bonds is 3. The van der Waals surface area contributed by atoms with Crippen molar-refractivity contribution < 1.29 is 4.92 Å². The highest BCUT2D eigenvalue weighted by Crippen LogP contribution is 2.26. The van der Waals surface area contributed by atoms with Gasteiger partial charge in [-0.25, -0.2) is 4.98 Å². The fourth-order valence-electron chi connectivity index (χ4n) is 0.722. The third kappa shape index (κ3) is 2.16. The van der Waals surface area contributed by atoms with Crippen LogP contribution in [0.2, 0.25) is 0 Å². The number of nitro groups is 1. The van der Waals surface area contributed by atoms with Gasteiger partial charge in [0.25, 0.3) is 0 Å². The van der Waals surface area contributed by atoms with Gasteiger partial charge in [-0.1, -0.05) is 5.92 Å². The summed E-state index contributed by atoms with van der Waals surface area (Å²) in [5.74, 6) is 2.43. The van der Waals surface area contributed by atoms with Gasteiger partial charge in [0.05, 0.1) is 11.5 Å². The third-order valence-electron chi connectivity index (χ3n) is 1.32. The molecule has 6 heteroatoms. The lowest BCUT2D eigenvalue weighted by Crippen LogP contribution is -2.16. The molecule has 1 rings (SSSR count). The predicted molar refractivity (Wildman–Crippen MR) is 50.9 cm³/mol. The maximum Gasteiger partial charge on any atom is 0.345 e. The van der Waals surface area contributed by atoms with E-state index in [-0.39, 0.29) is 5.00 Å². The van der Waals surface area contributed by atoms with Crippen molar-refractivity contribution >= 4 is 21.5 Å². The van der Waals surface area contributed by atoms with E-state index in [1.54, 1.807) is 11.9 Å². The molecule has 0 spiro atoms. The molecular weight excluding hydrogens is 190 g/mol. The first-order valence-electron chi connectivity index (χ1n) is 3.40. The predicted octanol–water partition coefficient (Wildman–Crippen LogP) is 1.12. The molecule has 0 saturated heterocycles. The molecule has 1 aromatic heterocycles. The van der Waals surface area contributed by atoms with Gasteiger partial charge < -0.3 is 4.90 Å². The van der Waals surface area contributed by atoms with E-state index in [1.165, 1.54) is 6.20 Å². The van der Waals surface area contributed by atoms with E-state index in [2.05, 4.69) is 10.9 Å². The largest absolute Gasteiger partial charge is 0.345 e. The van der Waals surface area contributed by atoms with Gasteiger partial charge in [0, 0.05) is 7.05 Å². The molecule has 0 aliphatic heterocycles. The topological polar surface area (TPSA) is 59.3 Å². The average molecular weight is 197 g/mol. The van der Waals surface area contributed by atoms with Gasteiger partial charge in [-0.15, -0.1) is 6.42 Å². The molecule has 1 aromatic rings. The van der Waals surface area contributed by atoms with E-state index in [1.807, 2.05) is 0 Å². The molecule has 0 bridgehead atoms. The number of terminal acetylenes is 1. The van der Waals surface area contributed by atoms with E-state index in [0.29, 0.717) is 11.7 Å². The van der Waals surface area contributed by atoms with Crippen LogP contribution in [0.25, 0.3) is 0 Å². The normalized spacial score (nSPS) is 9.23. The van der Waals surface area contributed by atoms with E-state index < -0.39 is 4.92 Å². The molecule has 0 radical (unpaired) electrons. The number of nitrogens with zero attached hydrogens (tertiary/aromatic N) is 3. The van der Waals surface area contributed by atoms with Gasteiger partial charge in [-0.05, 0) is 11.3 Å². The van der Waals surface area contributed by atoms with E-state index in [0.717, 1.165) is 11.3 Å². The summed E-state index contributed by atoms with van der Waals surface area (Å²) in [5, 5.41) is 10.9. The molecule has 0 atom stereocenters. The first-order valence-corrected chi connectivity index (χ1v) is 4.21. The minimum Gasteiger partial charge on any atom is -0.340 e. The Balaban J connectivity index is 2.80. The Kier molecular flexibility index (Phi) is 2.82. The lowest BCUT2D eigenvalue weighted by Gasteiger charge is -2.09. The minimum absolute atomic E-state index is 0.0267. The summed E-state index contributed by atoms with van der Waals surface area (Å²) < 4.78 is 0. The second kappa shape index (κ2) is 3.87. The number of anilines is 1. The highest BCUT2D eigenvalue weighted by atomic mass is 32.1. The van der Waals surface area contributed by atoms with Gasteiger partial charge in [0.1, 0.15) is 6.20 Å². The molecule has 0 aromatic carbocycles. The summed E-state index contributed by atoms with van der Waals surface area (Å²) in [6.45, 7) is 0.394. The van der Waals surface area contributed by atoms with E-state index in [4.69, 9.17) is 6.42 Å². The average Bonchev–Trinajstić information content (AvgIpc) is 2.52. The molecule has 0 unspecified atom stereocenters. The monoisotopic (exact) mass is 197 g/mol. The van der Waals surface area contributed by atoms with Gasteiger partial charge in [0.2, 0.25) is 0 Å². The molecule has 0 amide bonds. The molecule has 68 valence electrons. The molecule has 0 N–H and O–H groups in total. The van der Waals surface area contributed by atoms with Crippen molar-refractivity contribution in [1.82, 2.24) is 4.98 Å². The van der Waals surface area contributed by atoms with Crippen LogP contribution in [0.5, 0.6) is 0 Å². The molecule has 5 nitrogen and oxygen atoms in total. The number of thiazole rings is 1. The lowest BCUT2D eigenvalue weighted by atomic mass is 10.6. The van der Waals surface area contributed by atoms with Crippen molar-refractivity contribution in [3.05, 3.63) is 16.3 Å². The zero-order chi connectivity index (χ0) is 9.84. The summed E-state index contributed by atoms with van der Waals surface area (Å²) in [7, 11) is 1.74. The Morgan fingerprint density at radius 1 is 1.92 bits per heavy atom. The molecule has 0 aliphatic rings. The summed E-state index contributed by atoms with van der Waals surface area (Å²) in [5.41, 5.74) is 0. The van der Waals surface area contributed by atoms with Crippen LogP contribution >= 0.6 is 11.3 Å². The Morgan fingerprint density at radius 3 is 3.08 bits per heavy atom. The van der Waals surface area contributed by atoms with Gasteiger partial charge >= 0.3 is 5.00 Å². The standard InChI is InChI=1S/C7H7N3O2S/c1-3-4-9(2)7-8-5-6(13-7)10(11)12/h1,5H,4H2,2H3. The zero-order valence-corrected chi connectivity index (χ0v) is 7.74. The second-order valence-electron chi connectivity index (χ2n) is 2.30. The quantitative estimate of drug-likeness (QED) is 0.414. The SMILES string of the molecule is C#CCN(C)c1ncc([N+](=O)[O-])s1. The molecule has 0 aliphatic carbocycles. The van der Waals surface area contributed by atoms with Crippen molar-refractivity contribution in [2.45, 2.75) is 0 Å². The second-order valence-corrected chi connectivity index (χ2v) is 3.29. The van der Waals surface area contributed by atoms with Crippen LogP contribution in [0.3, 0.4) is 0 Å². The van der Waals surface area contributed by atoms with Gasteiger partial charge in [0.15, 0.2) is 5.13 Å². The summed E-state index contributed by atoms with van der Waals surface area (Å²) in [6, 6.07) is 0. The van der Waals surface area contributed by atoms with Crippen LogP contribution in [-0.2, 0) is 0 Å². The number of hydrogen-bond acceptors (Lipinski definition) is 5. The van der Waals surface area contributed by atoms with Crippen LogP contribution in [0.4, 0.5) is 10.1 Å². The van der Waals surface area contributed by atoms with Gasteiger partial charge in [-0.3, -0.25) is 10.1 Å². The van der Waals surface area contributed by atoms with Crippen LogP contribution < -0.4 is 4.90 Å². The Labute approximate surface area is 79.2 Å². The molecule has 0 saturated carbocycles. The first kappa shape index (κ1) is 9.48. The molecule has 0 fully saturated rings. The van der Waals surface area contributed by atoms with Crippen molar-refractivity contribution in [2.24, 2.45) is 0 Å². The maximum atomic E-state index is 10.3. The summed E-state index contributed by atoms with van der Waals surface area (Å²) in [4.78, 5) is 15.4. The minimum atomic E-state index is -0.467. The highest BCUT2D eigenvalue weighted by Gasteiger charge is 2.13. The molecular formula is C7H7N3O2S. The Bertz CT molecular complexity index is 355. The smallest absolute Gasteiger partial charge is 0.340 e. The molecule has 13 heavy (non-hydrogen) atoms. The fourth-order valence-corrected chi connectivity index (χ4v) is 1.41. The van der Waals surface area contributed by atoms with E-state index >= 15 is 0 Å². The Morgan fingerprint density at radius 2 is 2.62 bits per heavy atom. The van der Waals surface area contributed by atoms with Crippen molar-refractivity contribution in [1.29, 1.82) is 0 Å². The van der Waals surface area contributed by atoms with Crippen LogP contribution in [0.15, 0.2) is 6.20 Å². The number of hydrogen-bond donors (Lipinski definition) is 0. The number of aromatic nitrogens is 1. The lowest BCUT2D eigenvalue weighted by molar-refractivity contribution is -0.380. The third-order valence-corrected chi connectivity index (χ3v) is 2.38. The molecule has 1 heterocycles. The van der Waals surface area contributed by atoms with Crippen LogP contribution in [-0.4, -0.2) is 23.5 Å². The van der Waals surface area contributed by atoms with E-state index in [9.17, 15) is 10.1 Å². The van der Waals surface area contributed by atoms with Crippen LogP contribution in [0.1, 0.15) is 0 Å². The van der Waals surface area contributed by atoms with Crippen molar-refractivity contribution in [2.75, 3.05) is 18.5 Å². The zero-order valence-electron chi connectivity index (χ0n) is 6.93. The maximum absolute atomic E-state index is 10.3. The van der Waals surface area contributed by atoms with Crippen molar-refractivity contribution in [3.8, 4) is 12.3 Å². The fraction of sp³-hybridized carbons (Fsp3) is 0.286. The Hall–Kier alpha value is -1.61. The van der Waals surface area contributed by atoms with Gasteiger partial charge in [-0.2, -0.15) is 0 Å². The highest BCUT2D eigenvalue weighted by molar-refractivity contribution is 7.18. The van der Waals surface area contributed by atoms with Crippen LogP contribution in [0, 0.1) is 22.5 Å².